The lowest BCUT2D eigenvalue weighted by Crippen LogP contribution is -2.49. The van der Waals surface area contributed by atoms with Gasteiger partial charge in [0.15, 0.2) is 0 Å². The first-order chi connectivity index (χ1) is 12.3. The number of anilines is 1. The van der Waals surface area contributed by atoms with Crippen LogP contribution in [0, 0.1) is 23.2 Å². The van der Waals surface area contributed by atoms with Crippen LogP contribution >= 0.6 is 34.8 Å². The third-order valence-electron chi connectivity index (χ3n) is 6.48. The molecular weight excluding hydrogens is 395 g/mol. The topological polar surface area (TPSA) is 81.6 Å². The molecule has 140 valence electrons. The van der Waals surface area contributed by atoms with Gasteiger partial charge in [-0.25, -0.2) is 5.43 Å². The molecule has 0 spiro atoms. The smallest absolute Gasteiger partial charge is 0.337 e. The summed E-state index contributed by atoms with van der Waals surface area (Å²) in [7, 11) is 0. The lowest BCUT2D eigenvalue weighted by molar-refractivity contribution is -0.379. The molecule has 4 saturated carbocycles. The van der Waals surface area contributed by atoms with Gasteiger partial charge in [-0.15, -0.1) is 0 Å². The molecule has 4 N–H and O–H groups in total. The number of H-pyrrole nitrogens is 1. The number of nitrogen functional groups attached to an aromatic ring is 1. The van der Waals surface area contributed by atoms with Gasteiger partial charge in [-0.2, -0.15) is 10.1 Å². The molecule has 0 radical (unpaired) electrons. The Labute approximate surface area is 167 Å². The number of carbonyl (C=O) groups excluding carboxylic acids is 1. The largest absolute Gasteiger partial charge is 0.396 e. The number of nitrogens with two attached hydrogens (primary N) is 1. The molecule has 0 aromatic carbocycles. The molecule has 1 amide bonds. The SMILES string of the molecule is C/C(=N\NC(=O)c1[nH+]c(Cl)c(Cl)c(N)c1Cl)C12CC3CC(CC(C3)C1)C2. The first-order valence-electron chi connectivity index (χ1n) is 8.99. The molecule has 4 aliphatic carbocycles. The van der Waals surface area contributed by atoms with E-state index in [1.807, 2.05) is 6.92 Å². The highest BCUT2D eigenvalue weighted by Crippen LogP contribution is 2.60. The number of nitrogens with zero attached hydrogens (tertiary/aromatic N) is 1. The summed E-state index contributed by atoms with van der Waals surface area (Å²) in [5.74, 6) is 1.98. The molecule has 5 nitrogen and oxygen atoms in total. The molecule has 1 aromatic rings. The molecule has 0 unspecified atom stereocenters. The minimum atomic E-state index is -0.482. The molecule has 4 fully saturated rings. The van der Waals surface area contributed by atoms with Crippen LogP contribution in [0.4, 0.5) is 5.69 Å². The maximum atomic E-state index is 12.5. The van der Waals surface area contributed by atoms with Gasteiger partial charge in [-0.3, -0.25) is 4.79 Å². The van der Waals surface area contributed by atoms with Crippen LogP contribution in [0.5, 0.6) is 0 Å². The number of hydrogen-bond acceptors (Lipinski definition) is 3. The van der Waals surface area contributed by atoms with Crippen LogP contribution in [-0.4, -0.2) is 11.6 Å². The van der Waals surface area contributed by atoms with Crippen LogP contribution in [0.15, 0.2) is 5.10 Å². The maximum absolute atomic E-state index is 12.5. The predicted octanol–water partition coefficient (Wildman–Crippen LogP) is 4.37. The minimum absolute atomic E-state index is 0.0413. The fourth-order valence-electron chi connectivity index (χ4n) is 5.59. The Hall–Kier alpha value is -1.04. The zero-order chi connectivity index (χ0) is 18.6. The van der Waals surface area contributed by atoms with Gasteiger partial charge in [0.25, 0.3) is 10.8 Å². The molecular formula is C18H22Cl3N4O+. The molecule has 26 heavy (non-hydrogen) atoms. The van der Waals surface area contributed by atoms with Gasteiger partial charge < -0.3 is 5.73 Å². The predicted molar refractivity (Wildman–Crippen MR) is 104 cm³/mol. The fraction of sp³-hybridized carbons (Fsp3) is 0.611. The highest BCUT2D eigenvalue weighted by atomic mass is 35.5. The Morgan fingerprint density at radius 2 is 1.65 bits per heavy atom. The van der Waals surface area contributed by atoms with Gasteiger partial charge >= 0.3 is 5.91 Å². The van der Waals surface area contributed by atoms with E-state index in [0.29, 0.717) is 0 Å². The van der Waals surface area contributed by atoms with E-state index in [2.05, 4.69) is 15.5 Å². The zero-order valence-electron chi connectivity index (χ0n) is 14.5. The van der Waals surface area contributed by atoms with Crippen molar-refractivity contribution in [2.45, 2.75) is 45.4 Å². The maximum Gasteiger partial charge on any atom is 0.337 e. The summed E-state index contributed by atoms with van der Waals surface area (Å²) in [4.78, 5) is 15.2. The molecule has 0 aliphatic heterocycles. The van der Waals surface area contributed by atoms with E-state index < -0.39 is 5.91 Å². The molecule has 4 bridgehead atoms. The van der Waals surface area contributed by atoms with Crippen molar-refractivity contribution in [3.63, 3.8) is 0 Å². The highest BCUT2D eigenvalue weighted by Gasteiger charge is 2.52. The van der Waals surface area contributed by atoms with E-state index in [1.54, 1.807) is 0 Å². The number of carbonyl (C=O) groups is 1. The first kappa shape index (κ1) is 18.3. The molecule has 8 heteroatoms. The normalized spacial score (nSPS) is 32.8. The van der Waals surface area contributed by atoms with E-state index in [1.165, 1.54) is 38.5 Å². The van der Waals surface area contributed by atoms with Crippen molar-refractivity contribution in [2.75, 3.05) is 5.73 Å². The third-order valence-corrected chi connectivity index (χ3v) is 7.64. The Morgan fingerprint density at radius 3 is 2.19 bits per heavy atom. The summed E-state index contributed by atoms with van der Waals surface area (Å²) >= 11 is 18.0. The number of rotatable bonds is 3. The van der Waals surface area contributed by atoms with Crippen molar-refractivity contribution in [1.82, 2.24) is 5.43 Å². The Kier molecular flexibility index (Phi) is 4.61. The standard InChI is InChI=1S/C18H21Cl3N4O/c1-8(18-5-9-2-10(6-18)4-11(3-9)7-18)24-25-17(26)15-12(19)14(22)13(20)16(21)23-15/h9-11H,2-7H2,1H3,(H2,22,23)(H,25,26)/p+1/b24-8+. The van der Waals surface area contributed by atoms with Crippen molar-refractivity contribution in [2.24, 2.45) is 28.3 Å². The van der Waals surface area contributed by atoms with Crippen molar-refractivity contribution in [3.05, 3.63) is 20.9 Å². The molecule has 1 aromatic heterocycles. The van der Waals surface area contributed by atoms with E-state index in [0.717, 1.165) is 23.5 Å². The number of amides is 1. The van der Waals surface area contributed by atoms with Crippen LogP contribution in [0.25, 0.3) is 0 Å². The summed E-state index contributed by atoms with van der Waals surface area (Å²) in [6.07, 6.45) is 7.68. The lowest BCUT2D eigenvalue weighted by Gasteiger charge is -2.56. The second-order valence-corrected chi connectivity index (χ2v) is 9.33. The monoisotopic (exact) mass is 415 g/mol. The van der Waals surface area contributed by atoms with Crippen molar-refractivity contribution in [3.8, 4) is 0 Å². The molecule has 4 aliphatic rings. The van der Waals surface area contributed by atoms with Crippen LogP contribution in [-0.2, 0) is 0 Å². The number of halogens is 3. The molecule has 0 atom stereocenters. The Balaban J connectivity index is 1.54. The molecule has 0 saturated heterocycles. The summed E-state index contributed by atoms with van der Waals surface area (Å²) < 4.78 is 0. The lowest BCUT2D eigenvalue weighted by atomic mass is 9.48. The van der Waals surface area contributed by atoms with Gasteiger partial charge in [0.2, 0.25) is 0 Å². The van der Waals surface area contributed by atoms with Gasteiger partial charge in [0, 0.05) is 11.1 Å². The first-order valence-corrected chi connectivity index (χ1v) is 10.1. The number of hydrazone groups is 1. The van der Waals surface area contributed by atoms with E-state index in [9.17, 15) is 4.79 Å². The summed E-state index contributed by atoms with van der Waals surface area (Å²) in [5.41, 5.74) is 9.69. The number of aromatic amines is 1. The van der Waals surface area contributed by atoms with Gasteiger partial charge in [-0.05, 0) is 74.8 Å². The Bertz CT molecular complexity index is 773. The van der Waals surface area contributed by atoms with Crippen molar-refractivity contribution >= 4 is 52.1 Å². The third kappa shape index (κ3) is 2.98. The van der Waals surface area contributed by atoms with Crippen LogP contribution in [0.1, 0.15) is 55.9 Å². The highest BCUT2D eigenvalue weighted by molar-refractivity contribution is 6.45. The van der Waals surface area contributed by atoms with E-state index in [4.69, 9.17) is 40.5 Å². The zero-order valence-corrected chi connectivity index (χ0v) is 16.8. The van der Waals surface area contributed by atoms with Crippen LogP contribution < -0.4 is 16.1 Å². The molecule has 5 rings (SSSR count). The minimum Gasteiger partial charge on any atom is -0.396 e. The van der Waals surface area contributed by atoms with E-state index in [-0.39, 0.29) is 32.0 Å². The number of hydrogen-bond donors (Lipinski definition) is 2. The number of aromatic nitrogens is 1. The average Bonchev–Trinajstić information content (AvgIpc) is 2.59. The number of nitrogens with one attached hydrogen (secondary N) is 2. The van der Waals surface area contributed by atoms with Gasteiger partial charge in [0.05, 0.1) is 5.69 Å². The second-order valence-electron chi connectivity index (χ2n) is 8.19. The summed E-state index contributed by atoms with van der Waals surface area (Å²) in [6, 6.07) is 0. The van der Waals surface area contributed by atoms with E-state index >= 15 is 0 Å². The fourth-order valence-corrected chi connectivity index (χ4v) is 6.20. The quantitative estimate of drug-likeness (QED) is 0.436. The average molecular weight is 417 g/mol. The van der Waals surface area contributed by atoms with Crippen molar-refractivity contribution < 1.29 is 9.78 Å². The van der Waals surface area contributed by atoms with Gasteiger partial charge in [-0.1, -0.05) is 23.2 Å². The van der Waals surface area contributed by atoms with Crippen LogP contribution in [0.2, 0.25) is 15.2 Å². The van der Waals surface area contributed by atoms with Crippen LogP contribution in [0.3, 0.4) is 0 Å². The second kappa shape index (κ2) is 6.54. The number of pyridine rings is 1. The van der Waals surface area contributed by atoms with Crippen molar-refractivity contribution in [1.29, 1.82) is 0 Å². The summed E-state index contributed by atoms with van der Waals surface area (Å²) in [6.45, 7) is 2.03. The van der Waals surface area contributed by atoms with Gasteiger partial charge in [0.1, 0.15) is 10.0 Å². The summed E-state index contributed by atoms with van der Waals surface area (Å²) in [5, 5.41) is 4.64. The Morgan fingerprint density at radius 1 is 1.12 bits per heavy atom. The molecule has 1 heterocycles.